The van der Waals surface area contributed by atoms with Crippen LogP contribution in [0.3, 0.4) is 0 Å². The van der Waals surface area contributed by atoms with Crippen molar-refractivity contribution in [2.45, 2.75) is 55.7 Å². The summed E-state index contributed by atoms with van der Waals surface area (Å²) in [6.07, 6.45) is 4.85. The normalized spacial score (nSPS) is 15.7. The summed E-state index contributed by atoms with van der Waals surface area (Å²) >= 11 is 1.85. The smallest absolute Gasteiger partial charge is 0.143 e. The summed E-state index contributed by atoms with van der Waals surface area (Å²) in [7, 11) is 0. The van der Waals surface area contributed by atoms with Gasteiger partial charge in [0, 0.05) is 27.1 Å². The minimum atomic E-state index is 0.242. The summed E-state index contributed by atoms with van der Waals surface area (Å²) in [5.41, 5.74) is 2.11. The van der Waals surface area contributed by atoms with Crippen molar-refractivity contribution in [2.75, 3.05) is 13.2 Å². The van der Waals surface area contributed by atoms with Crippen LogP contribution in [0.4, 0.5) is 0 Å². The average Bonchev–Trinajstić information content (AvgIpc) is 2.90. The highest BCUT2D eigenvalue weighted by Gasteiger charge is 2.15. The van der Waals surface area contributed by atoms with Gasteiger partial charge in [0.2, 0.25) is 0 Å². The number of phenolic OH excluding ortho intramolecular Hbond substituents is 1. The van der Waals surface area contributed by atoms with Crippen LogP contribution in [0.25, 0.3) is 21.9 Å². The van der Waals surface area contributed by atoms with E-state index in [9.17, 15) is 5.11 Å². The van der Waals surface area contributed by atoms with Gasteiger partial charge in [-0.25, -0.2) is 0 Å². The number of phenols is 1. The van der Waals surface area contributed by atoms with Gasteiger partial charge in [0.25, 0.3) is 0 Å². The number of hydrogen-bond donors (Lipinski definition) is 2. The lowest BCUT2D eigenvalue weighted by Crippen LogP contribution is -2.35. The lowest BCUT2D eigenvalue weighted by Gasteiger charge is -2.23. The summed E-state index contributed by atoms with van der Waals surface area (Å²) in [4.78, 5) is 1.25. The molecule has 1 unspecified atom stereocenters. The maximum Gasteiger partial charge on any atom is 0.143 e. The van der Waals surface area contributed by atoms with E-state index in [0.717, 1.165) is 52.1 Å². The molecule has 1 atom stereocenters. The largest absolute Gasteiger partial charge is 0.508 e. The minimum absolute atomic E-state index is 0.242. The maximum atomic E-state index is 10.0. The van der Waals surface area contributed by atoms with Crippen LogP contribution in [-0.2, 0) is 0 Å². The number of rotatable bonds is 9. The van der Waals surface area contributed by atoms with Crippen LogP contribution >= 0.6 is 11.8 Å². The second-order valence-corrected chi connectivity index (χ2v) is 11.5. The molecular formula is C32H35NO3S. The Bertz CT molecular complexity index is 1310. The zero-order valence-electron chi connectivity index (χ0n) is 21.6. The van der Waals surface area contributed by atoms with Crippen molar-refractivity contribution in [3.8, 4) is 34.1 Å². The summed E-state index contributed by atoms with van der Waals surface area (Å²) in [5, 5.41) is 16.0. The molecule has 2 N–H and O–H groups in total. The highest BCUT2D eigenvalue weighted by Crippen LogP contribution is 2.41. The molecule has 4 aromatic rings. The molecule has 1 aliphatic rings. The van der Waals surface area contributed by atoms with Crippen molar-refractivity contribution in [1.29, 1.82) is 0 Å². The Morgan fingerprint density at radius 2 is 1.70 bits per heavy atom. The molecule has 1 saturated heterocycles. The van der Waals surface area contributed by atoms with Gasteiger partial charge in [-0.2, -0.15) is 0 Å². The Morgan fingerprint density at radius 1 is 0.919 bits per heavy atom. The van der Waals surface area contributed by atoms with Crippen LogP contribution < -0.4 is 14.8 Å². The van der Waals surface area contributed by atoms with E-state index in [1.54, 1.807) is 12.1 Å². The van der Waals surface area contributed by atoms with E-state index >= 15 is 0 Å². The molecule has 1 heterocycles. The first-order valence-electron chi connectivity index (χ1n) is 13.2. The fourth-order valence-electron chi connectivity index (χ4n) is 4.82. The van der Waals surface area contributed by atoms with E-state index in [1.165, 1.54) is 24.2 Å². The number of fused-ring (bicyclic) bond motifs is 1. The van der Waals surface area contributed by atoms with Gasteiger partial charge < -0.3 is 19.9 Å². The second kappa shape index (κ2) is 11.9. The summed E-state index contributed by atoms with van der Waals surface area (Å²) < 4.78 is 12.5. The molecule has 5 heteroatoms. The zero-order chi connectivity index (χ0) is 25.6. The van der Waals surface area contributed by atoms with Crippen LogP contribution in [-0.4, -0.2) is 29.5 Å². The first-order chi connectivity index (χ1) is 18.0. The predicted octanol–water partition coefficient (Wildman–Crippen LogP) is 8.42. The van der Waals surface area contributed by atoms with E-state index in [0.29, 0.717) is 17.9 Å². The fraction of sp³-hybridized carbons (Fsp3) is 0.312. The van der Waals surface area contributed by atoms with Crippen LogP contribution in [0.2, 0.25) is 0 Å². The van der Waals surface area contributed by atoms with E-state index in [1.807, 2.05) is 48.2 Å². The Morgan fingerprint density at radius 3 is 2.43 bits per heavy atom. The Labute approximate surface area is 224 Å². The molecule has 5 rings (SSSR count). The summed E-state index contributed by atoms with van der Waals surface area (Å²) in [6.45, 7) is 6.23. The third kappa shape index (κ3) is 6.60. The molecule has 192 valence electrons. The van der Waals surface area contributed by atoms with Gasteiger partial charge in [-0.15, -0.1) is 11.8 Å². The first-order valence-corrected chi connectivity index (χ1v) is 14.1. The van der Waals surface area contributed by atoms with E-state index in [4.69, 9.17) is 9.47 Å². The highest BCUT2D eigenvalue weighted by molar-refractivity contribution is 7.99. The van der Waals surface area contributed by atoms with Crippen LogP contribution in [0, 0.1) is 0 Å². The number of aromatic hydroxyl groups is 1. The molecule has 0 aromatic heterocycles. The van der Waals surface area contributed by atoms with Crippen molar-refractivity contribution in [2.24, 2.45) is 0 Å². The van der Waals surface area contributed by atoms with Gasteiger partial charge in [-0.1, -0.05) is 38.5 Å². The number of ether oxygens (including phenoxy) is 2. The third-order valence-corrected chi connectivity index (χ3v) is 7.70. The van der Waals surface area contributed by atoms with Crippen LogP contribution in [0.15, 0.2) is 83.8 Å². The molecule has 0 radical (unpaired) electrons. The Balaban J connectivity index is 1.36. The number of piperidine rings is 1. The third-order valence-electron chi connectivity index (χ3n) is 6.68. The number of thioether (sulfide) groups is 1. The van der Waals surface area contributed by atoms with Crippen molar-refractivity contribution >= 4 is 22.5 Å². The van der Waals surface area contributed by atoms with Gasteiger partial charge in [-0.05, 0) is 97.4 Å². The average molecular weight is 514 g/mol. The van der Waals surface area contributed by atoms with Crippen molar-refractivity contribution in [3.63, 3.8) is 0 Å². The van der Waals surface area contributed by atoms with E-state index in [2.05, 4.69) is 49.5 Å². The van der Waals surface area contributed by atoms with Gasteiger partial charge >= 0.3 is 0 Å². The molecule has 0 aliphatic carbocycles. The van der Waals surface area contributed by atoms with Gasteiger partial charge in [0.15, 0.2) is 0 Å². The number of hydrogen-bond acceptors (Lipinski definition) is 5. The number of benzene rings is 4. The highest BCUT2D eigenvalue weighted by atomic mass is 32.2. The molecule has 0 amide bonds. The standard InChI is InChI=1S/C32H35NO3S/c1-22(2)37-29-14-6-23(7-15-29)30-16-8-24-21-26(34)9-17-31(24)32(30)36-28-12-10-27(11-13-28)35-20-18-25-5-3-4-19-33-25/h6-17,21-22,25,33-34H,3-5,18-20H2,1-2H3. The monoisotopic (exact) mass is 513 g/mol. The van der Waals surface area contributed by atoms with Gasteiger partial charge in [0.1, 0.15) is 23.0 Å². The van der Waals surface area contributed by atoms with E-state index in [-0.39, 0.29) is 5.75 Å². The lowest BCUT2D eigenvalue weighted by molar-refractivity contribution is 0.268. The number of nitrogens with one attached hydrogen (secondary N) is 1. The minimum Gasteiger partial charge on any atom is -0.508 e. The molecule has 4 aromatic carbocycles. The van der Waals surface area contributed by atoms with Crippen LogP contribution in [0.1, 0.15) is 39.5 Å². The Hall–Kier alpha value is -3.15. The van der Waals surface area contributed by atoms with E-state index < -0.39 is 0 Å². The predicted molar refractivity (Wildman–Crippen MR) is 154 cm³/mol. The fourth-order valence-corrected chi connectivity index (χ4v) is 5.66. The lowest BCUT2D eigenvalue weighted by atomic mass is 9.99. The topological polar surface area (TPSA) is 50.7 Å². The van der Waals surface area contributed by atoms with Crippen molar-refractivity contribution in [1.82, 2.24) is 5.32 Å². The van der Waals surface area contributed by atoms with Crippen molar-refractivity contribution < 1.29 is 14.6 Å². The first kappa shape index (κ1) is 25.5. The molecular weight excluding hydrogens is 478 g/mol. The summed E-state index contributed by atoms with van der Waals surface area (Å²) in [5.74, 6) is 2.62. The molecule has 4 nitrogen and oxygen atoms in total. The molecule has 1 fully saturated rings. The summed E-state index contributed by atoms with van der Waals surface area (Å²) in [6, 6.07) is 26.6. The van der Waals surface area contributed by atoms with Gasteiger partial charge in [-0.3, -0.25) is 0 Å². The molecule has 37 heavy (non-hydrogen) atoms. The Kier molecular flexibility index (Phi) is 8.22. The molecule has 0 saturated carbocycles. The molecule has 1 aliphatic heterocycles. The molecule has 0 bridgehead atoms. The molecule has 0 spiro atoms. The van der Waals surface area contributed by atoms with Gasteiger partial charge in [0.05, 0.1) is 6.61 Å². The quantitative estimate of drug-likeness (QED) is 0.220. The van der Waals surface area contributed by atoms with Crippen LogP contribution in [0.5, 0.6) is 23.0 Å². The maximum absolute atomic E-state index is 10.0. The zero-order valence-corrected chi connectivity index (χ0v) is 22.4. The SMILES string of the molecule is CC(C)Sc1ccc(-c2ccc3cc(O)ccc3c2Oc2ccc(OCCC3CCCCN3)cc2)cc1. The van der Waals surface area contributed by atoms with Crippen molar-refractivity contribution in [3.05, 3.63) is 78.9 Å². The second-order valence-electron chi connectivity index (χ2n) is 9.90.